The first-order valence-corrected chi connectivity index (χ1v) is 9.36. The number of rotatable bonds is 4. The van der Waals surface area contributed by atoms with Gasteiger partial charge in [-0.15, -0.1) is 0 Å². The van der Waals surface area contributed by atoms with Gasteiger partial charge in [-0.2, -0.15) is 0 Å². The molecule has 25 heavy (non-hydrogen) atoms. The molecular weight excluding hydrogens is 324 g/mol. The zero-order valence-corrected chi connectivity index (χ0v) is 15.1. The van der Waals surface area contributed by atoms with Crippen molar-refractivity contribution in [2.45, 2.75) is 37.6 Å². The highest BCUT2D eigenvalue weighted by molar-refractivity contribution is 7.80. The average molecular weight is 346 g/mol. The highest BCUT2D eigenvalue weighted by atomic mass is 32.1. The third-order valence-electron chi connectivity index (χ3n) is 5.18. The lowest BCUT2D eigenvalue weighted by Crippen LogP contribution is -2.47. The molecule has 1 aliphatic carbocycles. The molecule has 0 bridgehead atoms. The van der Waals surface area contributed by atoms with E-state index in [0.29, 0.717) is 0 Å². The molecular formula is C22H22N2S. The van der Waals surface area contributed by atoms with Crippen LogP contribution in [0.15, 0.2) is 66.9 Å². The number of thiocarbonyl (C=S) groups is 1. The van der Waals surface area contributed by atoms with Gasteiger partial charge >= 0.3 is 0 Å². The number of para-hydroxylation sites is 1. The van der Waals surface area contributed by atoms with Crippen LogP contribution in [0.25, 0.3) is 10.9 Å². The molecule has 1 aromatic heterocycles. The van der Waals surface area contributed by atoms with Gasteiger partial charge in [0.05, 0.1) is 5.52 Å². The molecule has 0 amide bonds. The first kappa shape index (κ1) is 16.2. The lowest BCUT2D eigenvalue weighted by molar-refractivity contribution is 0.389. The maximum Gasteiger partial charge on any atom is 0.108 e. The molecule has 1 saturated carbocycles. The highest BCUT2D eigenvalue weighted by Gasteiger charge is 2.34. The molecule has 1 N–H and O–H groups in total. The van der Waals surface area contributed by atoms with Gasteiger partial charge in [0.1, 0.15) is 4.99 Å². The van der Waals surface area contributed by atoms with Crippen molar-refractivity contribution in [2.75, 3.05) is 0 Å². The van der Waals surface area contributed by atoms with Gasteiger partial charge < -0.3 is 5.32 Å². The maximum absolute atomic E-state index is 5.76. The van der Waals surface area contributed by atoms with Crippen LogP contribution in [-0.4, -0.2) is 15.5 Å². The minimum absolute atomic E-state index is 0.0735. The van der Waals surface area contributed by atoms with Crippen molar-refractivity contribution >= 4 is 28.1 Å². The van der Waals surface area contributed by atoms with E-state index in [4.69, 9.17) is 12.2 Å². The summed E-state index contributed by atoms with van der Waals surface area (Å²) < 4.78 is 0. The van der Waals surface area contributed by atoms with E-state index in [0.717, 1.165) is 27.9 Å². The average Bonchev–Trinajstić information content (AvgIpc) is 3.10. The van der Waals surface area contributed by atoms with Crippen molar-refractivity contribution in [3.8, 4) is 0 Å². The van der Waals surface area contributed by atoms with Crippen molar-refractivity contribution in [3.63, 3.8) is 0 Å². The second kappa shape index (κ2) is 6.93. The molecule has 1 heterocycles. The van der Waals surface area contributed by atoms with Crippen LogP contribution >= 0.6 is 12.2 Å². The summed E-state index contributed by atoms with van der Waals surface area (Å²) in [6.45, 7) is 0. The van der Waals surface area contributed by atoms with Crippen molar-refractivity contribution in [3.05, 3.63) is 78.0 Å². The maximum atomic E-state index is 5.76. The number of nitrogens with one attached hydrogen (secondary N) is 1. The smallest absolute Gasteiger partial charge is 0.108 e. The number of nitrogens with zero attached hydrogens (tertiary/aromatic N) is 1. The molecule has 2 nitrogen and oxygen atoms in total. The van der Waals surface area contributed by atoms with E-state index in [-0.39, 0.29) is 5.54 Å². The molecule has 0 radical (unpaired) electrons. The molecule has 0 aliphatic heterocycles. The Morgan fingerprint density at radius 3 is 2.52 bits per heavy atom. The molecule has 126 valence electrons. The second-order valence-corrected chi connectivity index (χ2v) is 7.43. The largest absolute Gasteiger partial charge is 0.370 e. The van der Waals surface area contributed by atoms with E-state index in [1.54, 1.807) is 0 Å². The summed E-state index contributed by atoms with van der Waals surface area (Å²) in [5.41, 5.74) is 3.46. The van der Waals surface area contributed by atoms with Crippen molar-refractivity contribution in [1.29, 1.82) is 0 Å². The summed E-state index contributed by atoms with van der Waals surface area (Å²) >= 11 is 5.76. The van der Waals surface area contributed by atoms with Crippen LogP contribution in [-0.2, 0) is 6.42 Å². The van der Waals surface area contributed by atoms with Gasteiger partial charge in [-0.05, 0) is 37.0 Å². The Labute approximate surface area is 154 Å². The predicted molar refractivity (Wildman–Crippen MR) is 108 cm³/mol. The fourth-order valence-electron chi connectivity index (χ4n) is 3.89. The minimum atomic E-state index is 0.0735. The van der Waals surface area contributed by atoms with Crippen LogP contribution in [0.2, 0.25) is 0 Å². The third-order valence-corrected chi connectivity index (χ3v) is 5.52. The van der Waals surface area contributed by atoms with Crippen molar-refractivity contribution < 1.29 is 0 Å². The van der Waals surface area contributed by atoms with Gasteiger partial charge in [0.2, 0.25) is 0 Å². The monoisotopic (exact) mass is 346 g/mol. The molecule has 0 spiro atoms. The predicted octanol–water partition coefficient (Wildman–Crippen LogP) is 5.06. The summed E-state index contributed by atoms with van der Waals surface area (Å²) in [4.78, 5) is 5.37. The summed E-state index contributed by atoms with van der Waals surface area (Å²) in [5.74, 6) is 0. The van der Waals surface area contributed by atoms with E-state index in [9.17, 15) is 0 Å². The van der Waals surface area contributed by atoms with Crippen molar-refractivity contribution in [1.82, 2.24) is 10.3 Å². The van der Waals surface area contributed by atoms with Gasteiger partial charge in [0.25, 0.3) is 0 Å². The fraction of sp³-hybridized carbons (Fsp3) is 0.273. The Morgan fingerprint density at radius 2 is 1.72 bits per heavy atom. The zero-order chi connectivity index (χ0) is 17.1. The zero-order valence-electron chi connectivity index (χ0n) is 14.2. The van der Waals surface area contributed by atoms with Crippen LogP contribution in [0, 0.1) is 0 Å². The molecule has 3 heteroatoms. The molecule has 4 rings (SSSR count). The number of fused-ring (bicyclic) bond motifs is 1. The van der Waals surface area contributed by atoms with Gasteiger partial charge in [-0.3, -0.25) is 4.98 Å². The molecule has 0 unspecified atom stereocenters. The van der Waals surface area contributed by atoms with E-state index in [2.05, 4.69) is 52.8 Å². The molecule has 2 aromatic carbocycles. The van der Waals surface area contributed by atoms with Crippen LogP contribution in [0.1, 0.15) is 36.8 Å². The van der Waals surface area contributed by atoms with E-state index in [1.165, 1.54) is 31.2 Å². The lowest BCUT2D eigenvalue weighted by Gasteiger charge is -2.32. The van der Waals surface area contributed by atoms with E-state index < -0.39 is 0 Å². The van der Waals surface area contributed by atoms with Gasteiger partial charge in [0.15, 0.2) is 0 Å². The van der Waals surface area contributed by atoms with Crippen molar-refractivity contribution in [2.24, 2.45) is 0 Å². The molecule has 1 aliphatic rings. The highest BCUT2D eigenvalue weighted by Crippen LogP contribution is 2.33. The van der Waals surface area contributed by atoms with Crippen LogP contribution in [0.3, 0.4) is 0 Å². The van der Waals surface area contributed by atoms with Gasteiger partial charge in [-0.1, -0.05) is 73.6 Å². The Balaban J connectivity index is 1.57. The normalized spacial score (nSPS) is 16.0. The van der Waals surface area contributed by atoms with Gasteiger partial charge in [0, 0.05) is 22.7 Å². The summed E-state index contributed by atoms with van der Waals surface area (Å²) in [5, 5.41) is 4.85. The summed E-state index contributed by atoms with van der Waals surface area (Å²) in [6.07, 6.45) is 7.78. The molecule has 1 fully saturated rings. The Hall–Kier alpha value is -2.26. The molecule has 0 saturated heterocycles. The first-order chi connectivity index (χ1) is 12.2. The summed E-state index contributed by atoms with van der Waals surface area (Å²) in [7, 11) is 0. The lowest BCUT2D eigenvalue weighted by atomic mass is 9.89. The first-order valence-electron chi connectivity index (χ1n) is 8.95. The van der Waals surface area contributed by atoms with Crippen LogP contribution in [0.4, 0.5) is 0 Å². The third kappa shape index (κ3) is 3.57. The standard InChI is InChI=1S/C22H22N2S/c25-21(19-14-18-10-4-5-11-20(18)23-16-19)24-22(12-6-7-13-22)15-17-8-2-1-3-9-17/h1-5,8-11,14,16H,6-7,12-13,15H2,(H,24,25). The molecule has 0 atom stereocenters. The topological polar surface area (TPSA) is 24.9 Å². The Kier molecular flexibility index (Phi) is 4.50. The quantitative estimate of drug-likeness (QED) is 0.669. The number of hydrogen-bond donors (Lipinski definition) is 1. The molecule has 3 aromatic rings. The summed E-state index contributed by atoms with van der Waals surface area (Å²) in [6, 6.07) is 21.0. The number of benzene rings is 2. The van der Waals surface area contributed by atoms with Crippen LogP contribution in [0.5, 0.6) is 0 Å². The Morgan fingerprint density at radius 1 is 1.00 bits per heavy atom. The number of hydrogen-bond acceptors (Lipinski definition) is 2. The van der Waals surface area contributed by atoms with E-state index in [1.807, 2.05) is 24.4 Å². The SMILES string of the molecule is S=C(NC1(Cc2ccccc2)CCCC1)c1cnc2ccccc2c1. The van der Waals surface area contributed by atoms with Gasteiger partial charge in [-0.25, -0.2) is 0 Å². The fourth-order valence-corrected chi connectivity index (χ4v) is 4.22. The number of aromatic nitrogens is 1. The van der Waals surface area contributed by atoms with E-state index >= 15 is 0 Å². The second-order valence-electron chi connectivity index (χ2n) is 7.02. The Bertz CT molecular complexity index is 883. The van der Waals surface area contributed by atoms with Crippen LogP contribution < -0.4 is 5.32 Å². The number of pyridine rings is 1. The minimum Gasteiger partial charge on any atom is -0.370 e.